The van der Waals surface area contributed by atoms with E-state index in [1.54, 1.807) is 24.3 Å². The number of aliphatic hydroxyl groups excluding tert-OH is 1. The van der Waals surface area contributed by atoms with Gasteiger partial charge in [0.15, 0.2) is 14.4 Å². The van der Waals surface area contributed by atoms with Gasteiger partial charge in [0.2, 0.25) is 6.23 Å². The first-order valence-electron chi connectivity index (χ1n) is 12.2. The molecule has 0 spiro atoms. The smallest absolute Gasteiger partial charge is 0.413 e. The molecule has 2 N–H and O–H groups in total. The molecule has 1 aliphatic rings. The molecule has 0 saturated carbocycles. The summed E-state index contributed by atoms with van der Waals surface area (Å²) in [6.07, 6.45) is -0.410. The number of hydrogen-bond donors (Lipinski definition) is 2. The molecule has 0 aliphatic carbocycles. The first-order valence-corrected chi connectivity index (χ1v) is 15.1. The molecule has 1 amide bonds. The van der Waals surface area contributed by atoms with Crippen molar-refractivity contribution in [3.8, 4) is 18.1 Å². The number of benzene rings is 1. The Morgan fingerprint density at radius 3 is 2.54 bits per heavy atom. The van der Waals surface area contributed by atoms with Crippen molar-refractivity contribution in [3.05, 3.63) is 52.6 Å². The zero-order chi connectivity index (χ0) is 29.0. The van der Waals surface area contributed by atoms with Crippen LogP contribution in [0.5, 0.6) is 5.75 Å². The van der Waals surface area contributed by atoms with Crippen molar-refractivity contribution in [3.63, 3.8) is 0 Å². The number of aromatic nitrogens is 2. The van der Waals surface area contributed by atoms with Gasteiger partial charge in [-0.1, -0.05) is 38.8 Å². The second-order valence-electron chi connectivity index (χ2n) is 10.6. The van der Waals surface area contributed by atoms with Crippen LogP contribution >= 0.6 is 0 Å². The lowest BCUT2D eigenvalue weighted by atomic mass is 10.1. The van der Waals surface area contributed by atoms with Crippen LogP contribution in [-0.4, -0.2) is 60.4 Å². The van der Waals surface area contributed by atoms with Crippen molar-refractivity contribution >= 4 is 20.2 Å². The Hall–Kier alpha value is -3.31. The highest BCUT2D eigenvalue weighted by Gasteiger charge is 2.60. The minimum atomic E-state index is -3.79. The van der Waals surface area contributed by atoms with E-state index in [1.807, 2.05) is 33.9 Å². The summed E-state index contributed by atoms with van der Waals surface area (Å²) in [5.74, 6) is -1.09. The van der Waals surface area contributed by atoms with E-state index in [2.05, 4.69) is 16.2 Å². The highest BCUT2D eigenvalue weighted by Crippen LogP contribution is 2.43. The van der Waals surface area contributed by atoms with Gasteiger partial charge in [0.1, 0.15) is 30.9 Å². The predicted molar refractivity (Wildman–Crippen MR) is 141 cm³/mol. The fraction of sp³-hybridized carbons (Fsp3) is 0.500. The number of carbonyl (C=O) groups is 1. The molecule has 1 aliphatic heterocycles. The van der Waals surface area contributed by atoms with Gasteiger partial charge in [-0.25, -0.2) is 9.59 Å². The van der Waals surface area contributed by atoms with Crippen LogP contribution in [0.3, 0.4) is 0 Å². The molecule has 3 unspecified atom stereocenters. The quantitative estimate of drug-likeness (QED) is 0.347. The minimum absolute atomic E-state index is 0.0866. The average Bonchev–Trinajstić information content (AvgIpc) is 3.08. The van der Waals surface area contributed by atoms with E-state index in [1.165, 1.54) is 0 Å². The van der Waals surface area contributed by atoms with Crippen LogP contribution in [0, 0.1) is 12.3 Å². The maximum absolute atomic E-state index is 14.9. The second kappa shape index (κ2) is 11.8. The fourth-order valence-electron chi connectivity index (χ4n) is 3.37. The van der Waals surface area contributed by atoms with Gasteiger partial charge in [0.05, 0.1) is 6.61 Å². The van der Waals surface area contributed by atoms with Gasteiger partial charge in [-0.15, -0.1) is 6.42 Å². The zero-order valence-electron chi connectivity index (χ0n) is 22.4. The number of ether oxygens (including phenoxy) is 3. The monoisotopic (exact) mass is 565 g/mol. The number of aliphatic hydroxyl groups is 1. The molecular weight excluding hydrogens is 532 g/mol. The first kappa shape index (κ1) is 30.2. The lowest BCUT2D eigenvalue weighted by molar-refractivity contribution is -0.140. The standard InChI is InChI=1S/C26H33F2N3O7Si/c1-7-14-35-18-10-8-17(9-11-18)15-36-24(34)30-20-12-13-31(23(33)29-20)22-26(27,28)21(32)19(38-22)16-37-39(5,6)25(2,3)4/h1,8-13,19,21-22,32H,14-16H2,2-6H3,(H,29,30,33,34). The summed E-state index contributed by atoms with van der Waals surface area (Å²) in [5.41, 5.74) is -0.453. The number of rotatable bonds is 9. The molecule has 2 aromatic rings. The molecule has 39 heavy (non-hydrogen) atoms. The van der Waals surface area contributed by atoms with Gasteiger partial charge in [-0.05, 0) is 41.9 Å². The van der Waals surface area contributed by atoms with Crippen molar-refractivity contribution in [1.29, 1.82) is 0 Å². The third-order valence-electron chi connectivity index (χ3n) is 6.72. The molecule has 0 radical (unpaired) electrons. The van der Waals surface area contributed by atoms with E-state index in [9.17, 15) is 23.5 Å². The molecular formula is C26H33F2N3O7Si. The Morgan fingerprint density at radius 1 is 1.28 bits per heavy atom. The third-order valence-corrected chi connectivity index (χ3v) is 11.2. The third kappa shape index (κ3) is 7.21. The topological polar surface area (TPSA) is 121 Å². The maximum atomic E-state index is 14.9. The Balaban J connectivity index is 1.61. The van der Waals surface area contributed by atoms with Crippen LogP contribution in [0.15, 0.2) is 41.3 Å². The van der Waals surface area contributed by atoms with Crippen LogP contribution < -0.4 is 15.7 Å². The highest BCUT2D eigenvalue weighted by molar-refractivity contribution is 6.74. The number of halogens is 2. The number of alkyl halides is 2. The average molecular weight is 566 g/mol. The van der Waals surface area contributed by atoms with E-state index < -0.39 is 44.5 Å². The number of carbonyl (C=O) groups excluding carboxylic acids is 1. The summed E-state index contributed by atoms with van der Waals surface area (Å²) < 4.78 is 52.1. The number of anilines is 1. The largest absolute Gasteiger partial charge is 0.481 e. The fourth-order valence-corrected chi connectivity index (χ4v) is 4.38. The van der Waals surface area contributed by atoms with E-state index in [0.29, 0.717) is 15.9 Å². The van der Waals surface area contributed by atoms with Crippen LogP contribution in [0.4, 0.5) is 19.4 Å². The predicted octanol–water partition coefficient (Wildman–Crippen LogP) is 3.92. The lowest BCUT2D eigenvalue weighted by Gasteiger charge is -2.37. The van der Waals surface area contributed by atoms with E-state index >= 15 is 0 Å². The summed E-state index contributed by atoms with van der Waals surface area (Å²) in [6.45, 7) is 9.67. The number of amides is 1. The number of terminal acetylenes is 1. The molecule has 10 nitrogen and oxygen atoms in total. The number of nitrogens with one attached hydrogen (secondary N) is 1. The zero-order valence-corrected chi connectivity index (χ0v) is 23.4. The van der Waals surface area contributed by atoms with Gasteiger partial charge in [-0.3, -0.25) is 9.88 Å². The van der Waals surface area contributed by atoms with Gasteiger partial charge < -0.3 is 23.7 Å². The van der Waals surface area contributed by atoms with E-state index in [4.69, 9.17) is 25.1 Å². The van der Waals surface area contributed by atoms with Crippen molar-refractivity contribution in [1.82, 2.24) is 9.55 Å². The van der Waals surface area contributed by atoms with Gasteiger partial charge in [0, 0.05) is 6.20 Å². The number of nitrogens with zero attached hydrogens (tertiary/aromatic N) is 2. The Labute approximate surface area is 226 Å². The molecule has 3 rings (SSSR count). The number of hydrogen-bond acceptors (Lipinski definition) is 8. The van der Waals surface area contributed by atoms with Crippen molar-refractivity contribution in [2.45, 2.75) is 69.9 Å². The SMILES string of the molecule is C#CCOc1ccc(COC(=O)Nc2ccn(C3OC(CO[Si](C)(C)C(C)(C)C)C(O)C3(F)F)c(=O)n2)cc1. The molecule has 0 bridgehead atoms. The van der Waals surface area contributed by atoms with Crippen molar-refractivity contribution in [2.75, 3.05) is 18.5 Å². The summed E-state index contributed by atoms with van der Waals surface area (Å²) >= 11 is 0. The molecule has 3 atom stereocenters. The molecule has 1 fully saturated rings. The van der Waals surface area contributed by atoms with Crippen LogP contribution in [0.1, 0.15) is 32.6 Å². The van der Waals surface area contributed by atoms with Crippen LogP contribution in [0.25, 0.3) is 0 Å². The highest BCUT2D eigenvalue weighted by atomic mass is 28.4. The molecule has 13 heteroatoms. The van der Waals surface area contributed by atoms with Crippen molar-refractivity contribution in [2.24, 2.45) is 0 Å². The van der Waals surface area contributed by atoms with Crippen LogP contribution in [0.2, 0.25) is 18.1 Å². The summed E-state index contributed by atoms with van der Waals surface area (Å²) in [5, 5.41) is 12.4. The second-order valence-corrected chi connectivity index (χ2v) is 15.4. The minimum Gasteiger partial charge on any atom is -0.481 e. The summed E-state index contributed by atoms with van der Waals surface area (Å²) in [4.78, 5) is 28.3. The lowest BCUT2D eigenvalue weighted by Crippen LogP contribution is -2.45. The molecule has 2 heterocycles. The van der Waals surface area contributed by atoms with Crippen LogP contribution in [-0.2, 0) is 20.5 Å². The van der Waals surface area contributed by atoms with E-state index in [0.717, 1.165) is 12.3 Å². The molecule has 212 valence electrons. The summed E-state index contributed by atoms with van der Waals surface area (Å²) in [6, 6.07) is 7.83. The molecule has 1 aromatic carbocycles. The van der Waals surface area contributed by atoms with Gasteiger partial charge in [-0.2, -0.15) is 13.8 Å². The Morgan fingerprint density at radius 2 is 1.95 bits per heavy atom. The Bertz CT molecular complexity index is 1260. The van der Waals surface area contributed by atoms with E-state index in [-0.39, 0.29) is 30.7 Å². The normalized spacial score (nSPS) is 20.7. The molecule has 1 saturated heterocycles. The van der Waals surface area contributed by atoms with Gasteiger partial charge in [0.25, 0.3) is 0 Å². The van der Waals surface area contributed by atoms with Crippen molar-refractivity contribution < 1.29 is 37.3 Å². The summed E-state index contributed by atoms with van der Waals surface area (Å²) in [7, 11) is -2.30. The van der Waals surface area contributed by atoms with Gasteiger partial charge >= 0.3 is 17.7 Å². The molecule has 1 aromatic heterocycles. The maximum Gasteiger partial charge on any atom is 0.413 e. The Kier molecular flexibility index (Phi) is 9.17. The first-order chi connectivity index (χ1) is 18.2.